The molecule has 0 unspecified atom stereocenters. The van der Waals surface area contributed by atoms with E-state index in [1.165, 1.54) is 0 Å². The summed E-state index contributed by atoms with van der Waals surface area (Å²) in [6.07, 6.45) is 11.5. The molecule has 4 heteroatoms. The van der Waals surface area contributed by atoms with Gasteiger partial charge in [0.1, 0.15) is 0 Å². The largest absolute Gasteiger partial charge is 0.481 e. The van der Waals surface area contributed by atoms with Crippen molar-refractivity contribution >= 4 is 5.97 Å². The summed E-state index contributed by atoms with van der Waals surface area (Å²) in [4.78, 5) is 13.4. The molecule has 1 heterocycles. The van der Waals surface area contributed by atoms with Gasteiger partial charge in [0.15, 0.2) is 0 Å². The van der Waals surface area contributed by atoms with E-state index < -0.39 is 5.97 Å². The van der Waals surface area contributed by atoms with E-state index in [9.17, 15) is 4.79 Å². The number of rotatable bonds is 4. The second kappa shape index (κ2) is 8.02. The first-order chi connectivity index (χ1) is 9.75. The van der Waals surface area contributed by atoms with E-state index in [0.717, 1.165) is 63.3 Å². The number of ether oxygens (including phenoxy) is 1. The summed E-state index contributed by atoms with van der Waals surface area (Å²) >= 11 is 0. The molecule has 0 aromatic heterocycles. The second-order valence-electron chi connectivity index (χ2n) is 5.25. The standard InChI is InChI=1S/C16H23NO3/c18-16(19)12-14-6-3-1-2-4-7-15(14)13-17-8-5-10-20-11-9-17/h3-4,6-7H,1-2,5,8-13H2,(H,18,19)/b6-3-,7-4-,15-14-. The quantitative estimate of drug-likeness (QED) is 0.857. The first-order valence-electron chi connectivity index (χ1n) is 7.32. The molecule has 1 N–H and O–H groups in total. The summed E-state index contributed by atoms with van der Waals surface area (Å²) in [7, 11) is 0. The van der Waals surface area contributed by atoms with Crippen LogP contribution in [-0.2, 0) is 9.53 Å². The van der Waals surface area contributed by atoms with Crippen LogP contribution in [0.25, 0.3) is 0 Å². The maximum absolute atomic E-state index is 11.0. The monoisotopic (exact) mass is 277 g/mol. The van der Waals surface area contributed by atoms with Crippen LogP contribution in [0.1, 0.15) is 25.7 Å². The number of hydrogen-bond acceptors (Lipinski definition) is 3. The van der Waals surface area contributed by atoms with Crippen LogP contribution in [0.2, 0.25) is 0 Å². The zero-order chi connectivity index (χ0) is 14.2. The summed E-state index contributed by atoms with van der Waals surface area (Å²) in [5.41, 5.74) is 2.06. The van der Waals surface area contributed by atoms with E-state index in [-0.39, 0.29) is 6.42 Å². The van der Waals surface area contributed by atoms with Crippen LogP contribution in [0.3, 0.4) is 0 Å². The fraction of sp³-hybridized carbons (Fsp3) is 0.562. The minimum absolute atomic E-state index is 0.0977. The number of carboxylic acid groups (broad SMARTS) is 1. The van der Waals surface area contributed by atoms with Gasteiger partial charge in [0.05, 0.1) is 13.0 Å². The van der Waals surface area contributed by atoms with Crippen molar-refractivity contribution < 1.29 is 14.6 Å². The molecule has 110 valence electrons. The number of hydrogen-bond donors (Lipinski definition) is 1. The molecule has 4 nitrogen and oxygen atoms in total. The van der Waals surface area contributed by atoms with E-state index in [0.29, 0.717) is 0 Å². The first kappa shape index (κ1) is 15.0. The van der Waals surface area contributed by atoms with Crippen LogP contribution in [0.15, 0.2) is 35.5 Å². The molecule has 0 bridgehead atoms. The molecule has 1 fully saturated rings. The van der Waals surface area contributed by atoms with Crippen molar-refractivity contribution in [2.45, 2.75) is 25.7 Å². The highest BCUT2D eigenvalue weighted by atomic mass is 16.5. The third-order valence-corrected chi connectivity index (χ3v) is 3.60. The summed E-state index contributed by atoms with van der Waals surface area (Å²) in [6.45, 7) is 4.34. The van der Waals surface area contributed by atoms with Crippen molar-refractivity contribution in [3.8, 4) is 0 Å². The fourth-order valence-corrected chi connectivity index (χ4v) is 2.54. The van der Waals surface area contributed by atoms with E-state index in [4.69, 9.17) is 9.84 Å². The third-order valence-electron chi connectivity index (χ3n) is 3.60. The number of carboxylic acids is 1. The molecule has 2 aliphatic rings. The van der Waals surface area contributed by atoms with Crippen molar-refractivity contribution in [3.63, 3.8) is 0 Å². The Morgan fingerprint density at radius 3 is 2.65 bits per heavy atom. The number of nitrogens with zero attached hydrogens (tertiary/aromatic N) is 1. The number of allylic oxidation sites excluding steroid dienone is 3. The highest BCUT2D eigenvalue weighted by molar-refractivity contribution is 5.71. The molecule has 1 aliphatic carbocycles. The lowest BCUT2D eigenvalue weighted by Crippen LogP contribution is -2.28. The van der Waals surface area contributed by atoms with Gasteiger partial charge in [0.25, 0.3) is 0 Å². The Labute approximate surface area is 120 Å². The van der Waals surface area contributed by atoms with Gasteiger partial charge in [0, 0.05) is 26.2 Å². The van der Waals surface area contributed by atoms with Gasteiger partial charge < -0.3 is 9.84 Å². The molecule has 0 aromatic rings. The normalized spacial score (nSPS) is 28.2. The predicted molar refractivity (Wildman–Crippen MR) is 78.7 cm³/mol. The van der Waals surface area contributed by atoms with Crippen LogP contribution >= 0.6 is 0 Å². The Morgan fingerprint density at radius 2 is 1.90 bits per heavy atom. The molecule has 0 amide bonds. The smallest absolute Gasteiger partial charge is 0.307 e. The minimum Gasteiger partial charge on any atom is -0.481 e. The lowest BCUT2D eigenvalue weighted by Gasteiger charge is -2.21. The van der Waals surface area contributed by atoms with Gasteiger partial charge >= 0.3 is 5.97 Å². The first-order valence-corrected chi connectivity index (χ1v) is 7.32. The van der Waals surface area contributed by atoms with E-state index in [1.807, 2.05) is 6.08 Å². The van der Waals surface area contributed by atoms with Crippen molar-refractivity contribution in [3.05, 3.63) is 35.5 Å². The summed E-state index contributed by atoms with van der Waals surface area (Å²) in [6, 6.07) is 0. The van der Waals surface area contributed by atoms with Crippen molar-refractivity contribution in [2.75, 3.05) is 32.8 Å². The van der Waals surface area contributed by atoms with E-state index in [1.54, 1.807) is 0 Å². The molecule has 0 saturated carbocycles. The highest BCUT2D eigenvalue weighted by Gasteiger charge is 2.14. The Bertz CT molecular complexity index is 415. The molecule has 0 spiro atoms. The Morgan fingerprint density at radius 1 is 1.15 bits per heavy atom. The van der Waals surface area contributed by atoms with Crippen LogP contribution in [-0.4, -0.2) is 48.8 Å². The van der Waals surface area contributed by atoms with Gasteiger partial charge in [-0.25, -0.2) is 0 Å². The van der Waals surface area contributed by atoms with Crippen LogP contribution in [0.5, 0.6) is 0 Å². The highest BCUT2D eigenvalue weighted by Crippen LogP contribution is 2.18. The summed E-state index contributed by atoms with van der Waals surface area (Å²) in [5.74, 6) is -0.768. The second-order valence-corrected chi connectivity index (χ2v) is 5.25. The summed E-state index contributed by atoms with van der Waals surface area (Å²) < 4.78 is 5.47. The van der Waals surface area contributed by atoms with Gasteiger partial charge in [-0.3, -0.25) is 9.69 Å². The maximum atomic E-state index is 11.0. The zero-order valence-corrected chi connectivity index (χ0v) is 11.9. The molecule has 20 heavy (non-hydrogen) atoms. The minimum atomic E-state index is -0.768. The average molecular weight is 277 g/mol. The number of carbonyl (C=O) groups is 1. The lowest BCUT2D eigenvalue weighted by molar-refractivity contribution is -0.136. The molecule has 2 rings (SSSR count). The SMILES string of the molecule is O=C(O)CC1=C(CN2CCCOCC2)/C=C\CC/C=C\1. The zero-order valence-electron chi connectivity index (χ0n) is 11.9. The van der Waals surface area contributed by atoms with Crippen LogP contribution in [0, 0.1) is 0 Å². The molecule has 0 aromatic carbocycles. The topological polar surface area (TPSA) is 49.8 Å². The van der Waals surface area contributed by atoms with Crippen molar-refractivity contribution in [1.29, 1.82) is 0 Å². The predicted octanol–water partition coefficient (Wildman–Crippen LogP) is 2.39. The molecule has 1 saturated heterocycles. The fourth-order valence-electron chi connectivity index (χ4n) is 2.54. The average Bonchev–Trinajstić information content (AvgIpc) is 2.65. The van der Waals surface area contributed by atoms with Gasteiger partial charge in [-0.1, -0.05) is 24.3 Å². The number of aliphatic carboxylic acids is 1. The Balaban J connectivity index is 2.13. The van der Waals surface area contributed by atoms with E-state index in [2.05, 4.69) is 23.1 Å². The lowest BCUT2D eigenvalue weighted by atomic mass is 10.00. The summed E-state index contributed by atoms with van der Waals surface area (Å²) in [5, 5.41) is 9.07. The van der Waals surface area contributed by atoms with E-state index >= 15 is 0 Å². The van der Waals surface area contributed by atoms with Gasteiger partial charge in [-0.15, -0.1) is 0 Å². The molecule has 0 radical (unpaired) electrons. The Kier molecular flexibility index (Phi) is 6.02. The van der Waals surface area contributed by atoms with Crippen LogP contribution < -0.4 is 0 Å². The van der Waals surface area contributed by atoms with Gasteiger partial charge in [0.2, 0.25) is 0 Å². The van der Waals surface area contributed by atoms with Crippen molar-refractivity contribution in [2.24, 2.45) is 0 Å². The molecule has 1 aliphatic heterocycles. The molecule has 0 atom stereocenters. The van der Waals surface area contributed by atoms with Crippen molar-refractivity contribution in [1.82, 2.24) is 4.90 Å². The maximum Gasteiger partial charge on any atom is 0.307 e. The van der Waals surface area contributed by atoms with Crippen LogP contribution in [0.4, 0.5) is 0 Å². The third kappa shape index (κ3) is 4.94. The molecular weight excluding hydrogens is 254 g/mol. The van der Waals surface area contributed by atoms with Gasteiger partial charge in [-0.2, -0.15) is 0 Å². The Hall–Kier alpha value is -1.39. The van der Waals surface area contributed by atoms with Gasteiger partial charge in [-0.05, 0) is 30.4 Å². The molecular formula is C16H23NO3.